The van der Waals surface area contributed by atoms with E-state index >= 15 is 0 Å². The summed E-state index contributed by atoms with van der Waals surface area (Å²) in [5.74, 6) is 0.618. The van der Waals surface area contributed by atoms with E-state index in [9.17, 15) is 5.11 Å². The van der Waals surface area contributed by atoms with Gasteiger partial charge in [-0.2, -0.15) is 5.10 Å². The lowest BCUT2D eigenvalue weighted by molar-refractivity contribution is 0.202. The lowest BCUT2D eigenvalue weighted by Gasteiger charge is -2.15. The quantitative estimate of drug-likeness (QED) is 0.919. The smallest absolute Gasteiger partial charge is 0.163 e. The van der Waals surface area contributed by atoms with E-state index in [2.05, 4.69) is 12.0 Å². The Hall–Kier alpha value is -1.81. The zero-order chi connectivity index (χ0) is 14.0. The molecule has 0 saturated carbocycles. The normalized spacial score (nSPS) is 12.5. The van der Waals surface area contributed by atoms with E-state index in [4.69, 9.17) is 4.74 Å². The highest BCUT2D eigenvalue weighted by Gasteiger charge is 2.21. The summed E-state index contributed by atoms with van der Waals surface area (Å²) in [6.45, 7) is 6.78. The number of nitrogens with zero attached hydrogens (tertiary/aromatic N) is 2. The highest BCUT2D eigenvalue weighted by Crippen LogP contribution is 2.30. The third-order valence-corrected chi connectivity index (χ3v) is 3.47. The van der Waals surface area contributed by atoms with Crippen LogP contribution >= 0.6 is 0 Å². The molecule has 1 aromatic heterocycles. The van der Waals surface area contributed by atoms with Crippen molar-refractivity contribution in [2.45, 2.75) is 33.4 Å². The van der Waals surface area contributed by atoms with Crippen LogP contribution in [-0.2, 0) is 6.54 Å². The van der Waals surface area contributed by atoms with Crippen LogP contribution in [0.3, 0.4) is 0 Å². The first-order chi connectivity index (χ1) is 9.08. The summed E-state index contributed by atoms with van der Waals surface area (Å²) in [4.78, 5) is 0. The van der Waals surface area contributed by atoms with Crippen molar-refractivity contribution in [1.29, 1.82) is 0 Å². The van der Waals surface area contributed by atoms with Crippen LogP contribution in [-0.4, -0.2) is 22.0 Å². The van der Waals surface area contributed by atoms with Crippen LogP contribution in [0.5, 0.6) is 5.75 Å². The van der Waals surface area contributed by atoms with Gasteiger partial charge in [0.15, 0.2) is 5.75 Å². The molecular formula is C15H20N2O2. The number of hydrogen-bond donors (Lipinski definition) is 1. The third kappa shape index (κ3) is 2.49. The van der Waals surface area contributed by atoms with E-state index in [0.29, 0.717) is 18.0 Å². The molecule has 1 heterocycles. The number of rotatable bonds is 4. The molecule has 2 rings (SSSR count). The molecule has 1 unspecified atom stereocenters. The van der Waals surface area contributed by atoms with Gasteiger partial charge in [0, 0.05) is 6.54 Å². The second-order valence-corrected chi connectivity index (χ2v) is 4.66. The molecule has 0 spiro atoms. The van der Waals surface area contributed by atoms with Gasteiger partial charge in [-0.3, -0.25) is 4.68 Å². The molecule has 19 heavy (non-hydrogen) atoms. The lowest BCUT2D eigenvalue weighted by Crippen LogP contribution is -2.10. The van der Waals surface area contributed by atoms with Gasteiger partial charge in [0.25, 0.3) is 0 Å². The van der Waals surface area contributed by atoms with Gasteiger partial charge in [0.1, 0.15) is 11.8 Å². The van der Waals surface area contributed by atoms with Crippen molar-refractivity contribution in [3.05, 3.63) is 46.8 Å². The van der Waals surface area contributed by atoms with E-state index in [0.717, 1.165) is 11.1 Å². The van der Waals surface area contributed by atoms with Crippen LogP contribution in [0.4, 0.5) is 0 Å². The van der Waals surface area contributed by atoms with Crippen molar-refractivity contribution in [2.24, 2.45) is 0 Å². The minimum Gasteiger partial charge on any atom is -0.493 e. The first-order valence-electron chi connectivity index (χ1n) is 6.43. The molecule has 1 N–H and O–H groups in total. The Morgan fingerprint density at radius 1 is 1.32 bits per heavy atom. The Morgan fingerprint density at radius 2 is 2.05 bits per heavy atom. The van der Waals surface area contributed by atoms with Crippen molar-refractivity contribution < 1.29 is 9.84 Å². The molecule has 4 heteroatoms. The SMILES string of the molecule is CCn1ncc(OC)c1C(O)c1ccc(C)c(C)c1. The van der Waals surface area contributed by atoms with Gasteiger partial charge in [-0.05, 0) is 37.5 Å². The molecular weight excluding hydrogens is 240 g/mol. The van der Waals surface area contributed by atoms with Gasteiger partial charge >= 0.3 is 0 Å². The number of benzene rings is 1. The molecule has 102 valence electrons. The van der Waals surface area contributed by atoms with Crippen LogP contribution < -0.4 is 4.74 Å². The van der Waals surface area contributed by atoms with Gasteiger partial charge in [-0.1, -0.05) is 18.2 Å². The summed E-state index contributed by atoms with van der Waals surface area (Å²) < 4.78 is 7.04. The molecule has 0 amide bonds. The minimum absolute atomic E-state index is 0.618. The summed E-state index contributed by atoms with van der Waals surface area (Å²) in [7, 11) is 1.59. The van der Waals surface area contributed by atoms with Crippen LogP contribution in [0.15, 0.2) is 24.4 Å². The van der Waals surface area contributed by atoms with Crippen LogP contribution in [0.1, 0.15) is 35.4 Å². The van der Waals surface area contributed by atoms with Crippen LogP contribution in [0, 0.1) is 13.8 Å². The first kappa shape index (κ1) is 13.6. The summed E-state index contributed by atoms with van der Waals surface area (Å²) in [6, 6.07) is 5.97. The maximum atomic E-state index is 10.6. The Labute approximate surface area is 113 Å². The number of aryl methyl sites for hydroxylation is 3. The van der Waals surface area contributed by atoms with E-state index in [-0.39, 0.29) is 0 Å². The van der Waals surface area contributed by atoms with E-state index in [1.54, 1.807) is 18.0 Å². The Kier molecular flexibility index (Phi) is 3.90. The number of ether oxygens (including phenoxy) is 1. The fourth-order valence-electron chi connectivity index (χ4n) is 2.16. The van der Waals surface area contributed by atoms with E-state index in [1.807, 2.05) is 32.0 Å². The van der Waals surface area contributed by atoms with Gasteiger partial charge in [-0.15, -0.1) is 0 Å². The highest BCUT2D eigenvalue weighted by atomic mass is 16.5. The molecule has 0 aliphatic rings. The predicted octanol–water partition coefficient (Wildman–Crippen LogP) is 2.61. The standard InChI is InChI=1S/C15H20N2O2/c1-5-17-14(13(19-4)9-16-17)15(18)12-7-6-10(2)11(3)8-12/h6-9,15,18H,5H2,1-4H3. The first-order valence-corrected chi connectivity index (χ1v) is 6.43. The molecule has 0 saturated heterocycles. The number of aliphatic hydroxyl groups excluding tert-OH is 1. The molecule has 0 aliphatic carbocycles. The van der Waals surface area contributed by atoms with Crippen LogP contribution in [0.2, 0.25) is 0 Å². The number of hydrogen-bond acceptors (Lipinski definition) is 3. The Bertz CT molecular complexity index is 554. The maximum absolute atomic E-state index is 10.6. The Balaban J connectivity index is 2.45. The topological polar surface area (TPSA) is 47.3 Å². The maximum Gasteiger partial charge on any atom is 0.163 e. The second kappa shape index (κ2) is 5.45. The molecule has 1 aromatic carbocycles. The molecule has 0 bridgehead atoms. The second-order valence-electron chi connectivity index (χ2n) is 4.66. The molecule has 1 atom stereocenters. The molecule has 0 radical (unpaired) electrons. The average molecular weight is 260 g/mol. The average Bonchev–Trinajstić information content (AvgIpc) is 2.83. The molecule has 0 fully saturated rings. The minimum atomic E-state index is -0.725. The van der Waals surface area contributed by atoms with Crippen molar-refractivity contribution >= 4 is 0 Å². The number of aliphatic hydroxyl groups is 1. The molecule has 2 aromatic rings. The van der Waals surface area contributed by atoms with Gasteiger partial charge in [0.2, 0.25) is 0 Å². The summed E-state index contributed by atoms with van der Waals surface area (Å²) in [5.41, 5.74) is 3.94. The fraction of sp³-hybridized carbons (Fsp3) is 0.400. The highest BCUT2D eigenvalue weighted by molar-refractivity contribution is 5.38. The van der Waals surface area contributed by atoms with E-state index in [1.165, 1.54) is 5.56 Å². The third-order valence-electron chi connectivity index (χ3n) is 3.47. The molecule has 4 nitrogen and oxygen atoms in total. The summed E-state index contributed by atoms with van der Waals surface area (Å²) >= 11 is 0. The van der Waals surface area contributed by atoms with Crippen molar-refractivity contribution in [3.8, 4) is 5.75 Å². The summed E-state index contributed by atoms with van der Waals surface area (Å²) in [6.07, 6.45) is 0.917. The molecule has 0 aliphatic heterocycles. The largest absolute Gasteiger partial charge is 0.493 e. The lowest BCUT2D eigenvalue weighted by atomic mass is 10.0. The van der Waals surface area contributed by atoms with Gasteiger partial charge < -0.3 is 9.84 Å². The summed E-state index contributed by atoms with van der Waals surface area (Å²) in [5, 5.41) is 14.8. The number of aromatic nitrogens is 2. The van der Waals surface area contributed by atoms with Gasteiger partial charge in [-0.25, -0.2) is 0 Å². The van der Waals surface area contributed by atoms with Crippen molar-refractivity contribution in [3.63, 3.8) is 0 Å². The zero-order valence-corrected chi connectivity index (χ0v) is 11.8. The predicted molar refractivity (Wildman–Crippen MR) is 74.4 cm³/mol. The van der Waals surface area contributed by atoms with Crippen molar-refractivity contribution in [1.82, 2.24) is 9.78 Å². The Morgan fingerprint density at radius 3 is 2.63 bits per heavy atom. The van der Waals surface area contributed by atoms with Gasteiger partial charge in [0.05, 0.1) is 13.3 Å². The van der Waals surface area contributed by atoms with Crippen LogP contribution in [0.25, 0.3) is 0 Å². The number of methoxy groups -OCH3 is 1. The fourth-order valence-corrected chi connectivity index (χ4v) is 2.16. The van der Waals surface area contributed by atoms with E-state index < -0.39 is 6.10 Å². The monoisotopic (exact) mass is 260 g/mol. The van der Waals surface area contributed by atoms with Crippen molar-refractivity contribution in [2.75, 3.05) is 7.11 Å². The zero-order valence-electron chi connectivity index (χ0n) is 11.8.